The van der Waals surface area contributed by atoms with E-state index < -0.39 is 0 Å². The lowest BCUT2D eigenvalue weighted by molar-refractivity contribution is -0.115. The van der Waals surface area contributed by atoms with Crippen molar-refractivity contribution in [3.8, 4) is 6.07 Å². The summed E-state index contributed by atoms with van der Waals surface area (Å²) >= 11 is 1.41. The molecule has 1 fully saturated rings. The fourth-order valence-corrected chi connectivity index (χ4v) is 3.92. The predicted octanol–water partition coefficient (Wildman–Crippen LogP) is 4.19. The van der Waals surface area contributed by atoms with E-state index in [0.29, 0.717) is 23.7 Å². The smallest absolute Gasteiger partial charge is 0.237 e. The van der Waals surface area contributed by atoms with Crippen LogP contribution in [-0.4, -0.2) is 25.9 Å². The van der Waals surface area contributed by atoms with Crippen LogP contribution in [0.5, 0.6) is 0 Å². The van der Waals surface area contributed by atoms with Gasteiger partial charge < -0.3 is 9.88 Å². The average Bonchev–Trinajstić information content (AvgIpc) is 3.52. The number of anilines is 1. The van der Waals surface area contributed by atoms with E-state index in [0.717, 1.165) is 23.8 Å². The fraction of sp³-hybridized carbons (Fsp3) is 0.273. The number of rotatable bonds is 7. The Hall–Kier alpha value is -3.11. The summed E-state index contributed by atoms with van der Waals surface area (Å²) < 4.78 is 2.14. The SMILES string of the molecule is C[C@H](Sc1nnc(C2CC2)n1Cc1ccccc1)C(=O)Nc1cccc(C#N)c1. The second-order valence-electron chi connectivity index (χ2n) is 7.13. The molecule has 4 rings (SSSR count). The fourth-order valence-electron chi connectivity index (χ4n) is 3.07. The summed E-state index contributed by atoms with van der Waals surface area (Å²) in [6.45, 7) is 2.55. The first-order valence-electron chi connectivity index (χ1n) is 9.59. The van der Waals surface area contributed by atoms with E-state index in [1.807, 2.05) is 25.1 Å². The van der Waals surface area contributed by atoms with Crippen molar-refractivity contribution in [2.24, 2.45) is 0 Å². The number of carbonyl (C=O) groups excluding carboxylic acids is 1. The molecule has 1 N–H and O–H groups in total. The van der Waals surface area contributed by atoms with Gasteiger partial charge in [0.05, 0.1) is 23.4 Å². The lowest BCUT2D eigenvalue weighted by Gasteiger charge is -2.14. The van der Waals surface area contributed by atoms with Gasteiger partial charge in [-0.25, -0.2) is 0 Å². The Morgan fingerprint density at radius 1 is 1.24 bits per heavy atom. The molecule has 1 aliphatic carbocycles. The van der Waals surface area contributed by atoms with Gasteiger partial charge in [-0.2, -0.15) is 5.26 Å². The summed E-state index contributed by atoms with van der Waals surface area (Å²) in [4.78, 5) is 12.7. The van der Waals surface area contributed by atoms with Gasteiger partial charge >= 0.3 is 0 Å². The Morgan fingerprint density at radius 2 is 2.03 bits per heavy atom. The van der Waals surface area contributed by atoms with Crippen molar-refractivity contribution in [1.29, 1.82) is 5.26 Å². The van der Waals surface area contributed by atoms with Crippen molar-refractivity contribution in [2.75, 3.05) is 5.32 Å². The third kappa shape index (κ3) is 4.66. The number of benzene rings is 2. The highest BCUT2D eigenvalue weighted by Gasteiger charge is 2.31. The number of nitrogens with zero attached hydrogens (tertiary/aromatic N) is 4. The maximum Gasteiger partial charge on any atom is 0.237 e. The summed E-state index contributed by atoms with van der Waals surface area (Å²) in [5.74, 6) is 1.34. The topological polar surface area (TPSA) is 83.6 Å². The number of carbonyl (C=O) groups is 1. The number of thioether (sulfide) groups is 1. The molecule has 0 radical (unpaired) electrons. The molecule has 0 aliphatic heterocycles. The number of aromatic nitrogens is 3. The van der Waals surface area contributed by atoms with E-state index in [-0.39, 0.29) is 11.2 Å². The molecule has 1 aromatic heterocycles. The highest BCUT2D eigenvalue weighted by atomic mass is 32.2. The van der Waals surface area contributed by atoms with Gasteiger partial charge in [0.1, 0.15) is 5.82 Å². The molecule has 3 aromatic rings. The first kappa shape index (κ1) is 19.2. The van der Waals surface area contributed by atoms with Crippen LogP contribution in [0.3, 0.4) is 0 Å². The Balaban J connectivity index is 1.49. The summed E-state index contributed by atoms with van der Waals surface area (Å²) in [5, 5.41) is 21.1. The number of nitrogens with one attached hydrogen (secondary N) is 1. The quantitative estimate of drug-likeness (QED) is 0.598. The molecular weight excluding hydrogens is 382 g/mol. The van der Waals surface area contributed by atoms with Gasteiger partial charge in [0.25, 0.3) is 0 Å². The lowest BCUT2D eigenvalue weighted by Crippen LogP contribution is -2.23. The van der Waals surface area contributed by atoms with Crippen molar-refractivity contribution >= 4 is 23.4 Å². The normalized spacial score (nSPS) is 14.2. The van der Waals surface area contributed by atoms with E-state index in [2.05, 4.69) is 38.3 Å². The first-order valence-corrected chi connectivity index (χ1v) is 10.5. The second-order valence-corrected chi connectivity index (χ2v) is 8.44. The van der Waals surface area contributed by atoms with Crippen LogP contribution >= 0.6 is 11.8 Å². The van der Waals surface area contributed by atoms with Crippen LogP contribution in [0.1, 0.15) is 42.6 Å². The van der Waals surface area contributed by atoms with Gasteiger partial charge in [0.2, 0.25) is 5.91 Å². The molecule has 29 heavy (non-hydrogen) atoms. The van der Waals surface area contributed by atoms with Crippen LogP contribution in [0.15, 0.2) is 59.8 Å². The summed E-state index contributed by atoms with van der Waals surface area (Å²) in [6.07, 6.45) is 2.28. The zero-order valence-electron chi connectivity index (χ0n) is 16.1. The molecule has 0 saturated heterocycles. The van der Waals surface area contributed by atoms with Crippen molar-refractivity contribution in [2.45, 2.75) is 42.6 Å². The number of hydrogen-bond acceptors (Lipinski definition) is 5. The van der Waals surface area contributed by atoms with Gasteiger partial charge in [-0.05, 0) is 43.5 Å². The van der Waals surface area contributed by atoms with E-state index in [9.17, 15) is 4.79 Å². The molecular formula is C22H21N5OS. The molecule has 7 heteroatoms. The summed E-state index contributed by atoms with van der Waals surface area (Å²) in [7, 11) is 0. The molecule has 1 heterocycles. The molecule has 0 spiro atoms. The van der Waals surface area contributed by atoms with E-state index in [1.165, 1.54) is 17.3 Å². The summed E-state index contributed by atoms with van der Waals surface area (Å²) in [5.41, 5.74) is 2.31. The highest BCUT2D eigenvalue weighted by Crippen LogP contribution is 2.40. The number of amides is 1. The van der Waals surface area contributed by atoms with Crippen molar-refractivity contribution in [3.63, 3.8) is 0 Å². The van der Waals surface area contributed by atoms with Crippen molar-refractivity contribution in [1.82, 2.24) is 14.8 Å². The van der Waals surface area contributed by atoms with Crippen LogP contribution in [0.2, 0.25) is 0 Å². The van der Waals surface area contributed by atoms with Gasteiger partial charge in [-0.15, -0.1) is 10.2 Å². The standard InChI is InChI=1S/C22H21N5OS/c1-15(21(28)24-19-9-5-8-17(12-19)13-23)29-22-26-25-20(18-10-11-18)27(22)14-16-6-3-2-4-7-16/h2-9,12,15,18H,10-11,14H2,1H3,(H,24,28)/t15-/m0/s1. The monoisotopic (exact) mass is 403 g/mol. The van der Waals surface area contributed by atoms with Gasteiger partial charge in [-0.3, -0.25) is 4.79 Å². The first-order chi connectivity index (χ1) is 14.1. The van der Waals surface area contributed by atoms with Crippen LogP contribution in [0, 0.1) is 11.3 Å². The molecule has 2 aromatic carbocycles. The predicted molar refractivity (Wildman–Crippen MR) is 113 cm³/mol. The molecule has 146 valence electrons. The van der Waals surface area contributed by atoms with Crippen LogP contribution in [0.25, 0.3) is 0 Å². The third-order valence-corrected chi connectivity index (χ3v) is 5.86. The Kier molecular flexibility index (Phi) is 5.63. The molecule has 1 atom stereocenters. The van der Waals surface area contributed by atoms with Gasteiger partial charge in [-0.1, -0.05) is 48.2 Å². The Labute approximate surface area is 174 Å². The highest BCUT2D eigenvalue weighted by molar-refractivity contribution is 8.00. The zero-order chi connectivity index (χ0) is 20.2. The Bertz CT molecular complexity index is 1050. The minimum Gasteiger partial charge on any atom is -0.325 e. The van der Waals surface area contributed by atoms with Crippen LogP contribution in [-0.2, 0) is 11.3 Å². The number of hydrogen-bond donors (Lipinski definition) is 1. The number of nitriles is 1. The second kappa shape index (κ2) is 8.50. The average molecular weight is 404 g/mol. The summed E-state index contributed by atoms with van der Waals surface area (Å²) in [6, 6.07) is 19.2. The zero-order valence-corrected chi connectivity index (χ0v) is 16.9. The maximum absolute atomic E-state index is 12.7. The van der Waals surface area contributed by atoms with Crippen molar-refractivity contribution < 1.29 is 4.79 Å². The van der Waals surface area contributed by atoms with Crippen LogP contribution < -0.4 is 5.32 Å². The van der Waals surface area contributed by atoms with Crippen LogP contribution in [0.4, 0.5) is 5.69 Å². The third-order valence-electron chi connectivity index (χ3n) is 4.78. The maximum atomic E-state index is 12.7. The van der Waals surface area contributed by atoms with Gasteiger partial charge in [0.15, 0.2) is 5.16 Å². The molecule has 1 amide bonds. The minimum atomic E-state index is -0.355. The molecule has 0 bridgehead atoms. The molecule has 1 aliphatic rings. The minimum absolute atomic E-state index is 0.132. The van der Waals surface area contributed by atoms with E-state index in [4.69, 9.17) is 5.26 Å². The lowest BCUT2D eigenvalue weighted by atomic mass is 10.2. The largest absolute Gasteiger partial charge is 0.325 e. The van der Waals surface area contributed by atoms with Gasteiger partial charge in [0, 0.05) is 11.6 Å². The Morgan fingerprint density at radius 3 is 2.76 bits per heavy atom. The molecule has 0 unspecified atom stereocenters. The van der Waals surface area contributed by atoms with E-state index >= 15 is 0 Å². The van der Waals surface area contributed by atoms with E-state index in [1.54, 1.807) is 24.3 Å². The van der Waals surface area contributed by atoms with Crippen molar-refractivity contribution in [3.05, 3.63) is 71.5 Å². The molecule has 6 nitrogen and oxygen atoms in total. The molecule has 1 saturated carbocycles.